The number of aliphatic carboxylic acids is 1. The van der Waals surface area contributed by atoms with Crippen molar-refractivity contribution in [1.29, 1.82) is 0 Å². The Kier molecular flexibility index (Phi) is 6.50. The fraction of sp³-hybridized carbons (Fsp3) is 0.294. The molecule has 0 saturated heterocycles. The molecule has 1 aromatic carbocycles. The van der Waals surface area contributed by atoms with Crippen molar-refractivity contribution in [3.63, 3.8) is 0 Å². The number of carboxylic acids is 1. The first kappa shape index (κ1) is 19.9. The monoisotopic (exact) mass is 375 g/mol. The molecule has 10 heteroatoms. The Morgan fingerprint density at radius 1 is 1.11 bits per heavy atom. The van der Waals surface area contributed by atoms with Crippen molar-refractivity contribution in [2.24, 2.45) is 11.5 Å². The van der Waals surface area contributed by atoms with E-state index in [0.717, 1.165) is 10.9 Å². The molecule has 0 fully saturated rings. The number of hydrogen-bond donors (Lipinski definition) is 6. The van der Waals surface area contributed by atoms with Gasteiger partial charge in [-0.15, -0.1) is 0 Å². The lowest BCUT2D eigenvalue weighted by Crippen LogP contribution is -2.54. The Bertz CT molecular complexity index is 862. The number of nitrogens with one attached hydrogen (secondary N) is 3. The minimum atomic E-state index is -1.30. The van der Waals surface area contributed by atoms with Gasteiger partial charge in [0.2, 0.25) is 17.7 Å². The third-order valence-corrected chi connectivity index (χ3v) is 3.96. The molecule has 0 aliphatic rings. The Hall–Kier alpha value is -3.40. The van der Waals surface area contributed by atoms with E-state index in [9.17, 15) is 24.3 Å². The first-order valence-corrected chi connectivity index (χ1v) is 8.17. The quantitative estimate of drug-likeness (QED) is 0.313. The maximum absolute atomic E-state index is 12.4. The van der Waals surface area contributed by atoms with E-state index >= 15 is 0 Å². The van der Waals surface area contributed by atoms with E-state index in [0.29, 0.717) is 5.56 Å². The Labute approximate surface area is 154 Å². The largest absolute Gasteiger partial charge is 0.480 e. The summed E-state index contributed by atoms with van der Waals surface area (Å²) in [5.74, 6) is -3.57. The molecule has 0 unspecified atom stereocenters. The van der Waals surface area contributed by atoms with Crippen LogP contribution in [0.1, 0.15) is 12.0 Å². The molecule has 0 spiro atoms. The molecule has 2 rings (SSSR count). The molecule has 0 saturated carbocycles. The van der Waals surface area contributed by atoms with Gasteiger partial charge in [-0.1, -0.05) is 18.2 Å². The van der Waals surface area contributed by atoms with E-state index in [4.69, 9.17) is 11.5 Å². The molecule has 0 radical (unpaired) electrons. The normalized spacial score (nSPS) is 12.9. The van der Waals surface area contributed by atoms with Gasteiger partial charge in [-0.3, -0.25) is 14.4 Å². The minimum Gasteiger partial charge on any atom is -0.480 e. The highest BCUT2D eigenvalue weighted by atomic mass is 16.4. The van der Waals surface area contributed by atoms with E-state index in [1.165, 1.54) is 0 Å². The van der Waals surface area contributed by atoms with Crippen molar-refractivity contribution in [1.82, 2.24) is 15.6 Å². The molecule has 0 aliphatic carbocycles. The van der Waals surface area contributed by atoms with Gasteiger partial charge in [0.25, 0.3) is 0 Å². The smallest absolute Gasteiger partial charge is 0.326 e. The molecular formula is C17H21N5O5. The van der Waals surface area contributed by atoms with Crippen molar-refractivity contribution in [3.05, 3.63) is 36.0 Å². The van der Waals surface area contributed by atoms with Crippen LogP contribution >= 0.6 is 0 Å². The third-order valence-electron chi connectivity index (χ3n) is 3.96. The van der Waals surface area contributed by atoms with Gasteiger partial charge in [-0.05, 0) is 11.6 Å². The fourth-order valence-electron chi connectivity index (χ4n) is 2.66. The van der Waals surface area contributed by atoms with Crippen LogP contribution in [0.25, 0.3) is 10.9 Å². The van der Waals surface area contributed by atoms with Crippen LogP contribution in [0.2, 0.25) is 0 Å². The van der Waals surface area contributed by atoms with E-state index < -0.39 is 42.2 Å². The lowest BCUT2D eigenvalue weighted by molar-refractivity contribution is -0.142. The number of para-hydroxylation sites is 1. The highest BCUT2D eigenvalue weighted by Crippen LogP contribution is 2.19. The molecular weight excluding hydrogens is 354 g/mol. The summed E-state index contributed by atoms with van der Waals surface area (Å²) in [6.45, 7) is -0.389. The van der Waals surface area contributed by atoms with Gasteiger partial charge in [0, 0.05) is 23.5 Å². The van der Waals surface area contributed by atoms with Crippen LogP contribution < -0.4 is 22.1 Å². The number of nitrogens with two attached hydrogens (primary N) is 2. The SMILES string of the molecule is NCC(=O)N[C@@H](CC(N)=O)C(=O)N[C@@H](Cc1c[nH]c2ccccc12)C(=O)O. The van der Waals surface area contributed by atoms with Crippen LogP contribution in [0.5, 0.6) is 0 Å². The van der Waals surface area contributed by atoms with E-state index in [-0.39, 0.29) is 13.0 Å². The molecule has 0 aliphatic heterocycles. The number of fused-ring (bicyclic) bond motifs is 1. The van der Waals surface area contributed by atoms with Crippen molar-refractivity contribution >= 4 is 34.6 Å². The second-order valence-electron chi connectivity index (χ2n) is 5.96. The highest BCUT2D eigenvalue weighted by molar-refractivity contribution is 5.94. The Morgan fingerprint density at radius 2 is 1.81 bits per heavy atom. The van der Waals surface area contributed by atoms with Crippen LogP contribution in [0.3, 0.4) is 0 Å². The summed E-state index contributed by atoms with van der Waals surface area (Å²) in [6, 6.07) is 4.77. The number of benzene rings is 1. The summed E-state index contributed by atoms with van der Waals surface area (Å²) >= 11 is 0. The van der Waals surface area contributed by atoms with E-state index in [2.05, 4.69) is 15.6 Å². The van der Waals surface area contributed by atoms with Crippen LogP contribution in [-0.2, 0) is 25.6 Å². The van der Waals surface area contributed by atoms with E-state index in [1.54, 1.807) is 6.20 Å². The number of aromatic nitrogens is 1. The zero-order chi connectivity index (χ0) is 20.0. The zero-order valence-corrected chi connectivity index (χ0v) is 14.4. The van der Waals surface area contributed by atoms with Crippen molar-refractivity contribution < 1.29 is 24.3 Å². The van der Waals surface area contributed by atoms with Gasteiger partial charge in [0.05, 0.1) is 13.0 Å². The van der Waals surface area contributed by atoms with Gasteiger partial charge in [-0.25, -0.2) is 4.79 Å². The summed E-state index contributed by atoms with van der Waals surface area (Å²) in [6.07, 6.45) is 1.21. The maximum Gasteiger partial charge on any atom is 0.326 e. The predicted molar refractivity (Wildman–Crippen MR) is 96.4 cm³/mol. The predicted octanol–water partition coefficient (Wildman–Crippen LogP) is -1.40. The second kappa shape index (κ2) is 8.81. The molecule has 27 heavy (non-hydrogen) atoms. The summed E-state index contributed by atoms with van der Waals surface area (Å²) in [5.41, 5.74) is 11.8. The molecule has 8 N–H and O–H groups in total. The van der Waals surface area contributed by atoms with Gasteiger partial charge >= 0.3 is 5.97 Å². The number of hydrogen-bond acceptors (Lipinski definition) is 5. The average molecular weight is 375 g/mol. The second-order valence-corrected chi connectivity index (χ2v) is 5.96. The number of carbonyl (C=O) groups is 4. The van der Waals surface area contributed by atoms with Crippen LogP contribution in [0.15, 0.2) is 30.5 Å². The number of carboxylic acid groups (broad SMARTS) is 1. The Morgan fingerprint density at radius 3 is 2.44 bits per heavy atom. The first-order valence-electron chi connectivity index (χ1n) is 8.17. The molecule has 0 bridgehead atoms. The number of amides is 3. The molecule has 2 atom stereocenters. The van der Waals surface area contributed by atoms with Crippen molar-refractivity contribution in [2.45, 2.75) is 24.9 Å². The molecule has 10 nitrogen and oxygen atoms in total. The highest BCUT2D eigenvalue weighted by Gasteiger charge is 2.28. The summed E-state index contributed by atoms with van der Waals surface area (Å²) in [4.78, 5) is 49.6. The number of aromatic amines is 1. The maximum atomic E-state index is 12.4. The van der Waals surface area contributed by atoms with Crippen molar-refractivity contribution in [2.75, 3.05) is 6.54 Å². The molecule has 1 aromatic heterocycles. The van der Waals surface area contributed by atoms with Crippen LogP contribution in [0.4, 0.5) is 0 Å². The lowest BCUT2D eigenvalue weighted by atomic mass is 10.0. The van der Waals surface area contributed by atoms with Gasteiger partial charge in [0.1, 0.15) is 12.1 Å². The van der Waals surface area contributed by atoms with Crippen LogP contribution in [-0.4, -0.2) is 52.4 Å². The zero-order valence-electron chi connectivity index (χ0n) is 14.4. The standard InChI is InChI=1S/C17H21N5O5/c18-7-15(24)21-12(6-14(19)23)16(25)22-13(17(26)27)5-9-8-20-11-4-2-1-3-10(9)11/h1-4,8,12-13,20H,5-7,18H2,(H2,19,23)(H,21,24)(H,22,25)(H,26,27)/t12-,13-/m0/s1. The molecule has 144 valence electrons. The topological polar surface area (TPSA) is 180 Å². The number of H-pyrrole nitrogens is 1. The molecule has 3 amide bonds. The Balaban J connectivity index is 2.15. The number of primary amides is 1. The molecule has 2 aromatic rings. The third kappa shape index (κ3) is 5.28. The fourth-order valence-corrected chi connectivity index (χ4v) is 2.66. The summed E-state index contributed by atoms with van der Waals surface area (Å²) in [7, 11) is 0. The minimum absolute atomic E-state index is 0.0131. The number of rotatable bonds is 9. The summed E-state index contributed by atoms with van der Waals surface area (Å²) in [5, 5.41) is 14.9. The van der Waals surface area contributed by atoms with Gasteiger partial charge < -0.3 is 32.2 Å². The average Bonchev–Trinajstić information content (AvgIpc) is 3.03. The molecule has 1 heterocycles. The van der Waals surface area contributed by atoms with Gasteiger partial charge in [-0.2, -0.15) is 0 Å². The van der Waals surface area contributed by atoms with Crippen molar-refractivity contribution in [3.8, 4) is 0 Å². The first-order chi connectivity index (χ1) is 12.8. The summed E-state index contributed by atoms with van der Waals surface area (Å²) < 4.78 is 0. The van der Waals surface area contributed by atoms with Crippen LogP contribution in [0, 0.1) is 0 Å². The number of carbonyl (C=O) groups excluding carboxylic acids is 3. The van der Waals surface area contributed by atoms with E-state index in [1.807, 2.05) is 24.3 Å². The van der Waals surface area contributed by atoms with Gasteiger partial charge in [0.15, 0.2) is 0 Å². The lowest BCUT2D eigenvalue weighted by Gasteiger charge is -2.20.